The number of hydrogen-bond donors (Lipinski definition) is 11. The molecule has 0 saturated carbocycles. The number of hydrogen-bond acceptors (Lipinski definition) is 16. The quantitative estimate of drug-likeness (QED) is 0.154. The fraction of sp³-hybridized carbons (Fsp3) is 1.00. The van der Waals surface area contributed by atoms with Gasteiger partial charge >= 0.3 is 0 Å². The number of nitrogens with two attached hydrogens (primary N) is 1. The molecular weight excluding hydrogens is 470 g/mol. The Kier molecular flexibility index (Phi) is 9.54. The van der Waals surface area contributed by atoms with Gasteiger partial charge in [-0.2, -0.15) is 0 Å². The SMILES string of the molecule is N[C@H]1[C@H](O)[C@@H](O)[C@@H](O[C@H]2[C@H](O)[C@@H](O)[C@@H](O[C@H]3[C@H](O)[C@@H](O)C(O)O[C@@H]3CO)O[C@@H]2CO)O[C@@H]1CO. The summed E-state index contributed by atoms with van der Waals surface area (Å²) in [6, 6.07) is -1.14. The maximum absolute atomic E-state index is 10.6. The Balaban J connectivity index is 1.72. The van der Waals surface area contributed by atoms with Crippen LogP contribution in [-0.2, 0) is 23.7 Å². The van der Waals surface area contributed by atoms with Gasteiger partial charge in [0.2, 0.25) is 0 Å². The number of aliphatic hydroxyl groups is 10. The summed E-state index contributed by atoms with van der Waals surface area (Å²) < 4.78 is 26.6. The van der Waals surface area contributed by atoms with Gasteiger partial charge in [0.05, 0.1) is 25.9 Å². The molecule has 12 N–H and O–H groups in total. The van der Waals surface area contributed by atoms with E-state index in [1.165, 1.54) is 0 Å². The van der Waals surface area contributed by atoms with Crippen LogP contribution in [0.1, 0.15) is 0 Å². The van der Waals surface area contributed by atoms with Gasteiger partial charge in [-0.15, -0.1) is 0 Å². The summed E-state index contributed by atoms with van der Waals surface area (Å²) in [5.74, 6) is 0. The summed E-state index contributed by atoms with van der Waals surface area (Å²) in [5.41, 5.74) is 5.68. The van der Waals surface area contributed by atoms with Gasteiger partial charge in [0.1, 0.15) is 67.1 Å². The Hall–Kier alpha value is -0.640. The Morgan fingerprint density at radius 1 is 0.529 bits per heavy atom. The lowest BCUT2D eigenvalue weighted by atomic mass is 9.95. The first kappa shape index (κ1) is 27.9. The van der Waals surface area contributed by atoms with Crippen molar-refractivity contribution < 1.29 is 74.7 Å². The summed E-state index contributed by atoms with van der Waals surface area (Å²) in [6.07, 6.45) is -22.7. The zero-order valence-corrected chi connectivity index (χ0v) is 17.9. The van der Waals surface area contributed by atoms with Crippen LogP contribution in [0.4, 0.5) is 0 Å². The van der Waals surface area contributed by atoms with Crippen molar-refractivity contribution in [1.82, 2.24) is 0 Å². The van der Waals surface area contributed by atoms with Gasteiger partial charge < -0.3 is 80.5 Å². The zero-order valence-electron chi connectivity index (χ0n) is 17.9. The average Bonchev–Trinajstić information content (AvgIpc) is 2.83. The zero-order chi connectivity index (χ0) is 25.3. The third-order valence-corrected chi connectivity index (χ3v) is 6.18. The minimum Gasteiger partial charge on any atom is -0.394 e. The van der Waals surface area contributed by atoms with E-state index < -0.39 is 112 Å². The summed E-state index contributed by atoms with van der Waals surface area (Å²) in [7, 11) is 0. The van der Waals surface area contributed by atoms with Crippen LogP contribution < -0.4 is 5.73 Å². The Morgan fingerprint density at radius 3 is 1.44 bits per heavy atom. The molecule has 3 aliphatic heterocycles. The van der Waals surface area contributed by atoms with Crippen LogP contribution in [0.3, 0.4) is 0 Å². The molecule has 3 rings (SSSR count). The molecule has 0 aliphatic carbocycles. The van der Waals surface area contributed by atoms with E-state index in [2.05, 4.69) is 0 Å². The fourth-order valence-corrected chi connectivity index (χ4v) is 4.11. The van der Waals surface area contributed by atoms with Crippen LogP contribution in [0.2, 0.25) is 0 Å². The average molecular weight is 503 g/mol. The predicted molar refractivity (Wildman–Crippen MR) is 103 cm³/mol. The lowest BCUT2D eigenvalue weighted by Gasteiger charge is -2.48. The standard InChI is InChI=1S/C18H33NO15/c19-7-4(1-20)31-17(12(27)8(7)23)34-15-6(3-22)32-18(13(28)10(15)25)33-14-5(2-21)30-16(29)11(26)9(14)24/h4-18,20-29H,1-3,19H2/t4-,5-,6-,7-,8+,9-,10-,11-,12-,13-,14-,15-,16?,17-,18-/m1/s1. The van der Waals surface area contributed by atoms with Crippen LogP contribution in [0.5, 0.6) is 0 Å². The second-order valence-corrected chi connectivity index (χ2v) is 8.42. The molecular formula is C18H33NO15. The highest BCUT2D eigenvalue weighted by Gasteiger charge is 2.53. The van der Waals surface area contributed by atoms with E-state index in [0.717, 1.165) is 0 Å². The number of aliphatic hydroxyl groups excluding tert-OH is 10. The van der Waals surface area contributed by atoms with Crippen molar-refractivity contribution in [2.45, 2.75) is 92.1 Å². The second kappa shape index (κ2) is 11.6. The van der Waals surface area contributed by atoms with E-state index in [9.17, 15) is 51.1 Å². The molecule has 16 nitrogen and oxygen atoms in total. The molecule has 34 heavy (non-hydrogen) atoms. The Labute approximate surface area is 193 Å². The lowest BCUT2D eigenvalue weighted by Crippen LogP contribution is -2.67. The predicted octanol–water partition coefficient (Wildman–Crippen LogP) is -7.61. The maximum Gasteiger partial charge on any atom is 0.187 e. The summed E-state index contributed by atoms with van der Waals surface area (Å²) in [6.45, 7) is -2.16. The van der Waals surface area contributed by atoms with E-state index in [4.69, 9.17) is 29.4 Å². The van der Waals surface area contributed by atoms with Crippen molar-refractivity contribution >= 4 is 0 Å². The highest BCUT2D eigenvalue weighted by atomic mass is 16.7. The van der Waals surface area contributed by atoms with Crippen molar-refractivity contribution in [1.29, 1.82) is 0 Å². The second-order valence-electron chi connectivity index (χ2n) is 8.42. The molecule has 15 atom stereocenters. The highest BCUT2D eigenvalue weighted by molar-refractivity contribution is 4.96. The largest absolute Gasteiger partial charge is 0.394 e. The van der Waals surface area contributed by atoms with E-state index in [1.807, 2.05) is 0 Å². The molecule has 0 aromatic carbocycles. The summed E-state index contributed by atoms with van der Waals surface area (Å²) in [4.78, 5) is 0. The van der Waals surface area contributed by atoms with Gasteiger partial charge in [-0.25, -0.2) is 0 Å². The third kappa shape index (κ3) is 5.37. The first-order valence-corrected chi connectivity index (χ1v) is 10.7. The van der Waals surface area contributed by atoms with E-state index >= 15 is 0 Å². The van der Waals surface area contributed by atoms with Crippen molar-refractivity contribution in [2.24, 2.45) is 5.73 Å². The lowest BCUT2D eigenvalue weighted by molar-refractivity contribution is -0.374. The highest BCUT2D eigenvalue weighted by Crippen LogP contribution is 2.31. The Bertz CT molecular complexity index is 640. The van der Waals surface area contributed by atoms with Crippen molar-refractivity contribution in [3.8, 4) is 0 Å². The smallest absolute Gasteiger partial charge is 0.187 e. The van der Waals surface area contributed by atoms with Crippen LogP contribution in [0, 0.1) is 0 Å². The fourth-order valence-electron chi connectivity index (χ4n) is 4.11. The maximum atomic E-state index is 10.6. The number of ether oxygens (including phenoxy) is 5. The van der Waals surface area contributed by atoms with Gasteiger partial charge in [-0.05, 0) is 0 Å². The van der Waals surface area contributed by atoms with Crippen molar-refractivity contribution in [3.05, 3.63) is 0 Å². The van der Waals surface area contributed by atoms with Gasteiger partial charge in [-0.1, -0.05) is 0 Å². The molecule has 1 unspecified atom stereocenters. The van der Waals surface area contributed by atoms with E-state index in [-0.39, 0.29) is 0 Å². The van der Waals surface area contributed by atoms with Gasteiger partial charge in [-0.3, -0.25) is 0 Å². The third-order valence-electron chi connectivity index (χ3n) is 6.18. The molecule has 3 fully saturated rings. The van der Waals surface area contributed by atoms with Crippen LogP contribution in [0.25, 0.3) is 0 Å². The van der Waals surface area contributed by atoms with E-state index in [1.54, 1.807) is 0 Å². The minimum atomic E-state index is -1.88. The molecule has 16 heteroatoms. The van der Waals surface area contributed by atoms with E-state index in [0.29, 0.717) is 0 Å². The summed E-state index contributed by atoms with van der Waals surface area (Å²) >= 11 is 0. The van der Waals surface area contributed by atoms with Crippen molar-refractivity contribution in [2.75, 3.05) is 19.8 Å². The van der Waals surface area contributed by atoms with Crippen LogP contribution in [-0.4, -0.2) is 163 Å². The first-order chi connectivity index (χ1) is 16.0. The number of rotatable bonds is 7. The minimum absolute atomic E-state index is 0.616. The molecule has 0 spiro atoms. The first-order valence-electron chi connectivity index (χ1n) is 10.7. The molecule has 3 heterocycles. The summed E-state index contributed by atoms with van der Waals surface area (Å²) in [5, 5.41) is 99.6. The molecule has 0 aromatic heterocycles. The molecule has 3 saturated heterocycles. The van der Waals surface area contributed by atoms with Gasteiger partial charge in [0.15, 0.2) is 18.9 Å². The molecule has 0 amide bonds. The van der Waals surface area contributed by atoms with Gasteiger partial charge in [0.25, 0.3) is 0 Å². The molecule has 0 aromatic rings. The van der Waals surface area contributed by atoms with Crippen molar-refractivity contribution in [3.63, 3.8) is 0 Å². The normalized spacial score (nSPS) is 52.5. The Morgan fingerprint density at radius 2 is 0.941 bits per heavy atom. The molecule has 0 radical (unpaired) electrons. The topological polar surface area (TPSA) is 274 Å². The molecule has 3 aliphatic rings. The molecule has 0 bridgehead atoms. The van der Waals surface area contributed by atoms with Gasteiger partial charge in [0, 0.05) is 0 Å². The van der Waals surface area contributed by atoms with Crippen LogP contribution >= 0.6 is 0 Å². The molecule has 200 valence electrons. The monoisotopic (exact) mass is 503 g/mol. The van der Waals surface area contributed by atoms with Crippen LogP contribution in [0.15, 0.2) is 0 Å².